The number of hydrogen-bond donors (Lipinski definition) is 0. The number of likely N-dealkylation sites (tertiary alicyclic amines) is 1. The summed E-state index contributed by atoms with van der Waals surface area (Å²) in [5.41, 5.74) is 0.582. The molecule has 2 aliphatic rings. The highest BCUT2D eigenvalue weighted by Gasteiger charge is 2.36. The minimum atomic E-state index is -0.402. The van der Waals surface area contributed by atoms with E-state index in [1.807, 2.05) is 10.6 Å². The van der Waals surface area contributed by atoms with E-state index in [1.165, 1.54) is 18.9 Å². The fourth-order valence-corrected chi connectivity index (χ4v) is 5.02. The second-order valence-corrected chi connectivity index (χ2v) is 8.37. The molecule has 2 aromatic heterocycles. The van der Waals surface area contributed by atoms with Crippen molar-refractivity contribution in [2.45, 2.75) is 25.4 Å². The molecule has 1 saturated heterocycles. The van der Waals surface area contributed by atoms with Crippen LogP contribution in [0.2, 0.25) is 0 Å². The van der Waals surface area contributed by atoms with E-state index in [4.69, 9.17) is 9.47 Å². The second kappa shape index (κ2) is 7.81. The minimum absolute atomic E-state index is 0.00766. The van der Waals surface area contributed by atoms with Gasteiger partial charge in [-0.3, -0.25) is 14.4 Å². The zero-order valence-electron chi connectivity index (χ0n) is 18.0. The Morgan fingerprint density at radius 3 is 2.72 bits per heavy atom. The SMILES string of the molecule is COc1ccc2cnn(CC(=O)N3C[C@H]4C[C@@H](C3)c3cccc(=O)n3C4)c(=O)c2c1OC. The molecule has 32 heavy (non-hydrogen) atoms. The second-order valence-electron chi connectivity index (χ2n) is 8.37. The van der Waals surface area contributed by atoms with Gasteiger partial charge in [-0.15, -0.1) is 0 Å². The van der Waals surface area contributed by atoms with Gasteiger partial charge in [-0.05, 0) is 30.5 Å². The largest absolute Gasteiger partial charge is 0.493 e. The highest BCUT2D eigenvalue weighted by molar-refractivity contribution is 5.89. The van der Waals surface area contributed by atoms with Gasteiger partial charge in [-0.2, -0.15) is 5.10 Å². The predicted octanol–water partition coefficient (Wildman–Crippen LogP) is 1.22. The summed E-state index contributed by atoms with van der Waals surface area (Å²) in [7, 11) is 2.98. The first-order valence-corrected chi connectivity index (χ1v) is 10.6. The zero-order valence-corrected chi connectivity index (χ0v) is 18.0. The number of fused-ring (bicyclic) bond motifs is 5. The van der Waals surface area contributed by atoms with Gasteiger partial charge in [-0.1, -0.05) is 6.07 Å². The third kappa shape index (κ3) is 3.24. The van der Waals surface area contributed by atoms with E-state index in [0.717, 1.165) is 12.1 Å². The Balaban J connectivity index is 1.43. The van der Waals surface area contributed by atoms with Gasteiger partial charge >= 0.3 is 0 Å². The van der Waals surface area contributed by atoms with Gasteiger partial charge in [0.2, 0.25) is 5.91 Å². The van der Waals surface area contributed by atoms with Crippen molar-refractivity contribution in [1.29, 1.82) is 0 Å². The van der Waals surface area contributed by atoms with Crippen LogP contribution in [0.25, 0.3) is 10.8 Å². The van der Waals surface area contributed by atoms with Crippen LogP contribution in [-0.2, 0) is 17.9 Å². The quantitative estimate of drug-likeness (QED) is 0.610. The van der Waals surface area contributed by atoms with Crippen molar-refractivity contribution in [3.8, 4) is 11.5 Å². The highest BCUT2D eigenvalue weighted by atomic mass is 16.5. The molecule has 0 aliphatic carbocycles. The van der Waals surface area contributed by atoms with E-state index in [9.17, 15) is 14.4 Å². The van der Waals surface area contributed by atoms with Crippen molar-refractivity contribution in [3.05, 3.63) is 62.9 Å². The lowest BCUT2D eigenvalue weighted by molar-refractivity contribution is -0.134. The van der Waals surface area contributed by atoms with Crippen LogP contribution in [0.1, 0.15) is 18.0 Å². The molecule has 0 saturated carbocycles. The van der Waals surface area contributed by atoms with E-state index < -0.39 is 5.56 Å². The molecule has 5 rings (SSSR count). The first-order chi connectivity index (χ1) is 15.5. The number of nitrogens with zero attached hydrogens (tertiary/aromatic N) is 4. The first-order valence-electron chi connectivity index (χ1n) is 10.6. The molecule has 0 unspecified atom stereocenters. The summed E-state index contributed by atoms with van der Waals surface area (Å²) in [4.78, 5) is 40.3. The van der Waals surface area contributed by atoms with E-state index in [-0.39, 0.29) is 29.8 Å². The Morgan fingerprint density at radius 2 is 1.94 bits per heavy atom. The maximum absolute atomic E-state index is 13.1. The van der Waals surface area contributed by atoms with Gasteiger partial charge < -0.3 is 18.9 Å². The smallest absolute Gasteiger partial charge is 0.279 e. The van der Waals surface area contributed by atoms with Gasteiger partial charge in [0, 0.05) is 42.7 Å². The van der Waals surface area contributed by atoms with Crippen molar-refractivity contribution in [2.75, 3.05) is 27.3 Å². The third-order valence-corrected chi connectivity index (χ3v) is 6.48. The zero-order chi connectivity index (χ0) is 22.4. The summed E-state index contributed by atoms with van der Waals surface area (Å²) in [6.07, 6.45) is 2.51. The number of rotatable bonds is 4. The molecule has 166 valence electrons. The number of aromatic nitrogens is 3. The molecular formula is C23H24N4O5. The Hall–Kier alpha value is -3.62. The molecule has 3 aromatic rings. The average Bonchev–Trinajstić information content (AvgIpc) is 2.80. The lowest BCUT2D eigenvalue weighted by Gasteiger charge is -2.42. The summed E-state index contributed by atoms with van der Waals surface area (Å²) < 4.78 is 13.7. The van der Waals surface area contributed by atoms with E-state index >= 15 is 0 Å². The maximum Gasteiger partial charge on any atom is 0.279 e. The van der Waals surface area contributed by atoms with Gasteiger partial charge in [0.1, 0.15) is 6.54 Å². The van der Waals surface area contributed by atoms with Gasteiger partial charge in [0.05, 0.1) is 25.8 Å². The van der Waals surface area contributed by atoms with Crippen molar-refractivity contribution in [1.82, 2.24) is 19.2 Å². The molecule has 0 radical (unpaired) electrons. The molecule has 1 aromatic carbocycles. The molecule has 0 N–H and O–H groups in total. The molecule has 1 fully saturated rings. The normalized spacial score (nSPS) is 19.5. The van der Waals surface area contributed by atoms with Gasteiger partial charge in [-0.25, -0.2) is 4.68 Å². The summed E-state index contributed by atoms with van der Waals surface area (Å²) in [6.45, 7) is 1.55. The number of amides is 1. The Labute approximate surface area is 183 Å². The van der Waals surface area contributed by atoms with Crippen LogP contribution in [0.15, 0.2) is 46.1 Å². The average molecular weight is 436 g/mol. The van der Waals surface area contributed by atoms with Crippen LogP contribution in [0, 0.1) is 5.92 Å². The van der Waals surface area contributed by atoms with Gasteiger partial charge in [0.25, 0.3) is 11.1 Å². The molecule has 9 heteroatoms. The Morgan fingerprint density at radius 1 is 1.09 bits per heavy atom. The Kier molecular flexibility index (Phi) is 4.96. The van der Waals surface area contributed by atoms with Crippen molar-refractivity contribution < 1.29 is 14.3 Å². The number of carbonyl (C=O) groups excluding carboxylic acids is 1. The number of ether oxygens (including phenoxy) is 2. The highest BCUT2D eigenvalue weighted by Crippen LogP contribution is 2.35. The number of hydrogen-bond acceptors (Lipinski definition) is 6. The lowest BCUT2D eigenvalue weighted by Crippen LogP contribution is -2.50. The molecule has 2 bridgehead atoms. The number of methoxy groups -OCH3 is 2. The molecular weight excluding hydrogens is 412 g/mol. The summed E-state index contributed by atoms with van der Waals surface area (Å²) >= 11 is 0. The molecule has 4 heterocycles. The van der Waals surface area contributed by atoms with Crippen molar-refractivity contribution >= 4 is 16.7 Å². The number of pyridine rings is 1. The Bertz CT molecular complexity index is 1330. The van der Waals surface area contributed by atoms with Crippen LogP contribution < -0.4 is 20.6 Å². The van der Waals surface area contributed by atoms with Crippen LogP contribution in [0.4, 0.5) is 0 Å². The van der Waals surface area contributed by atoms with Crippen LogP contribution >= 0.6 is 0 Å². The monoisotopic (exact) mass is 436 g/mol. The molecule has 1 amide bonds. The van der Waals surface area contributed by atoms with Gasteiger partial charge in [0.15, 0.2) is 11.5 Å². The molecule has 2 atom stereocenters. The number of carbonyl (C=O) groups is 1. The van der Waals surface area contributed by atoms with Crippen LogP contribution in [0.5, 0.6) is 11.5 Å². The molecule has 2 aliphatic heterocycles. The fourth-order valence-electron chi connectivity index (χ4n) is 5.02. The number of piperidine rings is 1. The predicted molar refractivity (Wildman–Crippen MR) is 117 cm³/mol. The van der Waals surface area contributed by atoms with Crippen LogP contribution in [0.3, 0.4) is 0 Å². The van der Waals surface area contributed by atoms with Crippen molar-refractivity contribution in [2.24, 2.45) is 5.92 Å². The van der Waals surface area contributed by atoms with E-state index in [1.54, 1.807) is 35.4 Å². The molecule has 9 nitrogen and oxygen atoms in total. The van der Waals surface area contributed by atoms with E-state index in [2.05, 4.69) is 5.10 Å². The minimum Gasteiger partial charge on any atom is -0.493 e. The van der Waals surface area contributed by atoms with E-state index in [0.29, 0.717) is 41.9 Å². The molecule has 0 spiro atoms. The standard InChI is InChI=1S/C23H24N4O5/c1-31-18-7-6-15-9-24-27(23(30)21(15)22(18)32-2)13-20(29)25-10-14-8-16(12-25)17-4-3-5-19(28)26(17)11-14/h3-7,9,14,16H,8,10-13H2,1-2H3/t14-,16+/m1/s1. The van der Waals surface area contributed by atoms with Crippen molar-refractivity contribution in [3.63, 3.8) is 0 Å². The summed E-state index contributed by atoms with van der Waals surface area (Å²) in [5.74, 6) is 0.941. The fraction of sp³-hybridized carbons (Fsp3) is 0.391. The maximum atomic E-state index is 13.1. The first kappa shape index (κ1) is 20.3. The topological polar surface area (TPSA) is 95.7 Å². The summed E-state index contributed by atoms with van der Waals surface area (Å²) in [5, 5.41) is 5.16. The number of benzene rings is 1. The lowest BCUT2D eigenvalue weighted by atomic mass is 9.83. The third-order valence-electron chi connectivity index (χ3n) is 6.48. The summed E-state index contributed by atoms with van der Waals surface area (Å²) in [6, 6.07) is 8.77. The van der Waals surface area contributed by atoms with Crippen LogP contribution in [-0.4, -0.2) is 52.5 Å².